The van der Waals surface area contributed by atoms with Gasteiger partial charge in [0, 0.05) is 6.42 Å². The highest BCUT2D eigenvalue weighted by Crippen LogP contribution is 2.24. The molecule has 0 saturated heterocycles. The van der Waals surface area contributed by atoms with Gasteiger partial charge in [-0.2, -0.15) is 0 Å². The van der Waals surface area contributed by atoms with Crippen molar-refractivity contribution in [1.82, 2.24) is 0 Å². The molecular weight excluding hydrogens is 160 g/mol. The number of Topliss-reactive ketones (excluding diaryl/α,β-unsaturated/α-hetero) is 2. The smallest absolute Gasteiger partial charge is 0.316 e. The van der Waals surface area contributed by atoms with E-state index in [-0.39, 0.29) is 18.0 Å². The largest absolute Gasteiger partial charge is 0.468 e. The lowest BCUT2D eigenvalue weighted by Gasteiger charge is -2.03. The molecule has 4 nitrogen and oxygen atoms in total. The van der Waals surface area contributed by atoms with Gasteiger partial charge in [-0.3, -0.25) is 14.4 Å². The first kappa shape index (κ1) is 8.90. The second-order valence-corrected chi connectivity index (χ2v) is 2.87. The van der Waals surface area contributed by atoms with Gasteiger partial charge in [0.25, 0.3) is 0 Å². The number of esters is 1. The molecule has 66 valence electrons. The standard InChI is InChI=1S/C8H10O4/c1-4-6(9)3-5(7(4)10)8(11)12-2/h4-5H,3H2,1-2H3/t4-,5-/m0/s1. The Bertz CT molecular complexity index is 243. The molecule has 1 aliphatic carbocycles. The highest BCUT2D eigenvalue weighted by atomic mass is 16.5. The lowest BCUT2D eigenvalue weighted by molar-refractivity contribution is -0.148. The fourth-order valence-electron chi connectivity index (χ4n) is 1.28. The summed E-state index contributed by atoms with van der Waals surface area (Å²) in [6, 6.07) is 0. The maximum absolute atomic E-state index is 11.2. The molecule has 2 atom stereocenters. The van der Waals surface area contributed by atoms with Crippen LogP contribution in [-0.2, 0) is 19.1 Å². The van der Waals surface area contributed by atoms with Gasteiger partial charge < -0.3 is 4.74 Å². The molecule has 12 heavy (non-hydrogen) atoms. The van der Waals surface area contributed by atoms with Gasteiger partial charge in [-0.05, 0) is 6.92 Å². The van der Waals surface area contributed by atoms with Crippen molar-refractivity contribution in [1.29, 1.82) is 0 Å². The van der Waals surface area contributed by atoms with Gasteiger partial charge in [0.15, 0.2) is 5.78 Å². The van der Waals surface area contributed by atoms with Crippen LogP contribution < -0.4 is 0 Å². The van der Waals surface area contributed by atoms with Gasteiger partial charge in [0.05, 0.1) is 13.0 Å². The predicted octanol–water partition coefficient (Wildman–Crippen LogP) is -0.0464. The first-order valence-electron chi connectivity index (χ1n) is 3.72. The van der Waals surface area contributed by atoms with Crippen LogP contribution in [0.1, 0.15) is 13.3 Å². The molecule has 0 spiro atoms. The van der Waals surface area contributed by atoms with Crippen LogP contribution in [0.5, 0.6) is 0 Å². The van der Waals surface area contributed by atoms with Crippen molar-refractivity contribution < 1.29 is 19.1 Å². The van der Waals surface area contributed by atoms with Gasteiger partial charge in [0.2, 0.25) is 0 Å². The minimum absolute atomic E-state index is 0.00662. The van der Waals surface area contributed by atoms with E-state index in [4.69, 9.17) is 0 Å². The van der Waals surface area contributed by atoms with Gasteiger partial charge in [-0.25, -0.2) is 0 Å². The lowest BCUT2D eigenvalue weighted by Crippen LogP contribution is -2.22. The maximum atomic E-state index is 11.2. The summed E-state index contributed by atoms with van der Waals surface area (Å²) in [5.74, 6) is -2.56. The van der Waals surface area contributed by atoms with E-state index in [0.717, 1.165) is 0 Å². The van der Waals surface area contributed by atoms with Crippen molar-refractivity contribution in [3.8, 4) is 0 Å². The van der Waals surface area contributed by atoms with E-state index < -0.39 is 17.8 Å². The molecule has 0 aromatic rings. The number of hydrogen-bond donors (Lipinski definition) is 0. The maximum Gasteiger partial charge on any atom is 0.316 e. The Morgan fingerprint density at radius 3 is 2.42 bits per heavy atom. The van der Waals surface area contributed by atoms with Crippen molar-refractivity contribution >= 4 is 17.5 Å². The second kappa shape index (κ2) is 3.05. The quantitative estimate of drug-likeness (QED) is 0.409. The van der Waals surface area contributed by atoms with Crippen LogP contribution in [0.2, 0.25) is 0 Å². The van der Waals surface area contributed by atoms with Crippen molar-refractivity contribution in [3.63, 3.8) is 0 Å². The number of ether oxygens (including phenoxy) is 1. The summed E-state index contributed by atoms with van der Waals surface area (Å²) in [4.78, 5) is 33.1. The monoisotopic (exact) mass is 170 g/mol. The Kier molecular flexibility index (Phi) is 2.26. The van der Waals surface area contributed by atoms with Crippen LogP contribution >= 0.6 is 0 Å². The van der Waals surface area contributed by atoms with Crippen LogP contribution in [0.15, 0.2) is 0 Å². The molecule has 0 unspecified atom stereocenters. The first-order valence-corrected chi connectivity index (χ1v) is 3.72. The van der Waals surface area contributed by atoms with Crippen LogP contribution in [0.4, 0.5) is 0 Å². The molecule has 0 radical (unpaired) electrons. The van der Waals surface area contributed by atoms with Gasteiger partial charge >= 0.3 is 5.97 Å². The molecule has 1 saturated carbocycles. The van der Waals surface area contributed by atoms with E-state index in [2.05, 4.69) is 4.74 Å². The highest BCUT2D eigenvalue weighted by Gasteiger charge is 2.42. The number of carbonyl (C=O) groups is 3. The number of carbonyl (C=O) groups excluding carboxylic acids is 3. The second-order valence-electron chi connectivity index (χ2n) is 2.87. The molecule has 0 bridgehead atoms. The lowest BCUT2D eigenvalue weighted by atomic mass is 10.1. The summed E-state index contributed by atoms with van der Waals surface area (Å²) < 4.78 is 4.39. The van der Waals surface area contributed by atoms with Crippen molar-refractivity contribution in [3.05, 3.63) is 0 Å². The minimum Gasteiger partial charge on any atom is -0.468 e. The zero-order valence-corrected chi connectivity index (χ0v) is 6.99. The average molecular weight is 170 g/mol. The molecule has 0 amide bonds. The summed E-state index contributed by atoms with van der Waals surface area (Å²) in [6.07, 6.45) is 0.00662. The third kappa shape index (κ3) is 1.24. The molecule has 1 rings (SSSR count). The normalized spacial score (nSPS) is 29.2. The van der Waals surface area contributed by atoms with E-state index in [0.29, 0.717) is 0 Å². The van der Waals surface area contributed by atoms with Crippen LogP contribution in [-0.4, -0.2) is 24.6 Å². The molecule has 0 heterocycles. The van der Waals surface area contributed by atoms with Crippen LogP contribution in [0.3, 0.4) is 0 Å². The third-order valence-corrected chi connectivity index (χ3v) is 2.14. The fourth-order valence-corrected chi connectivity index (χ4v) is 1.28. The van der Waals surface area contributed by atoms with Gasteiger partial charge in [-0.1, -0.05) is 0 Å². The Hall–Kier alpha value is -1.19. The predicted molar refractivity (Wildman–Crippen MR) is 39.3 cm³/mol. The molecular formula is C8H10O4. The van der Waals surface area contributed by atoms with Crippen LogP contribution in [0, 0.1) is 11.8 Å². The molecule has 0 aromatic carbocycles. The summed E-state index contributed by atoms with van der Waals surface area (Å²) in [6.45, 7) is 1.52. The van der Waals surface area contributed by atoms with Gasteiger partial charge in [-0.15, -0.1) is 0 Å². The Labute approximate surface area is 69.9 Å². The number of hydrogen-bond acceptors (Lipinski definition) is 4. The minimum atomic E-state index is -0.850. The van der Waals surface area contributed by atoms with Crippen molar-refractivity contribution in [2.24, 2.45) is 11.8 Å². The summed E-state index contributed by atoms with van der Waals surface area (Å²) in [5, 5.41) is 0. The van der Waals surface area contributed by atoms with E-state index >= 15 is 0 Å². The molecule has 4 heteroatoms. The summed E-state index contributed by atoms with van der Waals surface area (Å²) >= 11 is 0. The van der Waals surface area contributed by atoms with E-state index in [9.17, 15) is 14.4 Å². The summed E-state index contributed by atoms with van der Waals surface area (Å²) in [7, 11) is 1.21. The molecule has 1 aliphatic rings. The van der Waals surface area contributed by atoms with E-state index in [1.165, 1.54) is 14.0 Å². The molecule has 1 fully saturated rings. The number of methoxy groups -OCH3 is 1. The fraction of sp³-hybridized carbons (Fsp3) is 0.625. The SMILES string of the molecule is COC(=O)[C@H]1CC(=O)[C@H](C)C1=O. The first-order chi connectivity index (χ1) is 5.57. The third-order valence-electron chi connectivity index (χ3n) is 2.14. The molecule has 0 aliphatic heterocycles. The zero-order valence-electron chi connectivity index (χ0n) is 6.99. The average Bonchev–Trinajstić information content (AvgIpc) is 2.32. The zero-order chi connectivity index (χ0) is 9.30. The topological polar surface area (TPSA) is 60.4 Å². The van der Waals surface area contributed by atoms with E-state index in [1.54, 1.807) is 0 Å². The Morgan fingerprint density at radius 1 is 1.50 bits per heavy atom. The van der Waals surface area contributed by atoms with Crippen molar-refractivity contribution in [2.75, 3.05) is 7.11 Å². The molecule has 0 aromatic heterocycles. The number of ketones is 2. The Morgan fingerprint density at radius 2 is 2.08 bits per heavy atom. The van der Waals surface area contributed by atoms with Crippen molar-refractivity contribution in [2.45, 2.75) is 13.3 Å². The highest BCUT2D eigenvalue weighted by molar-refractivity contribution is 6.17. The summed E-state index contributed by atoms with van der Waals surface area (Å²) in [5.41, 5.74) is 0. The van der Waals surface area contributed by atoms with Gasteiger partial charge in [0.1, 0.15) is 11.7 Å². The molecule has 0 N–H and O–H groups in total. The van der Waals surface area contributed by atoms with Crippen LogP contribution in [0.25, 0.3) is 0 Å². The Balaban J connectivity index is 2.78. The van der Waals surface area contributed by atoms with E-state index in [1.807, 2.05) is 0 Å². The number of rotatable bonds is 1.